The van der Waals surface area contributed by atoms with E-state index in [4.69, 9.17) is 5.73 Å². The number of hydrogen-bond donors (Lipinski definition) is 2. The third-order valence-electron chi connectivity index (χ3n) is 4.00. The van der Waals surface area contributed by atoms with Gasteiger partial charge in [0.05, 0.1) is 5.54 Å². The molecule has 0 spiro atoms. The van der Waals surface area contributed by atoms with Crippen molar-refractivity contribution in [3.05, 3.63) is 5.51 Å². The minimum atomic E-state index is -0.809. The first-order chi connectivity index (χ1) is 10.4. The molecule has 3 N–H and O–H groups in total. The Morgan fingerprint density at radius 3 is 2.65 bits per heavy atom. The van der Waals surface area contributed by atoms with Crippen LogP contribution in [0.2, 0.25) is 0 Å². The summed E-state index contributed by atoms with van der Waals surface area (Å²) in [4.78, 5) is 26.3. The Morgan fingerprint density at radius 1 is 1.48 bits per heavy atom. The summed E-state index contributed by atoms with van der Waals surface area (Å²) in [5.41, 5.74) is 6.87. The summed E-state index contributed by atoms with van der Waals surface area (Å²) >= 11 is 1.29. The van der Waals surface area contributed by atoms with E-state index < -0.39 is 5.54 Å². The highest BCUT2D eigenvalue weighted by molar-refractivity contribution is 7.13. The van der Waals surface area contributed by atoms with Gasteiger partial charge in [-0.1, -0.05) is 24.7 Å². The first-order valence-electron chi connectivity index (χ1n) is 7.59. The summed E-state index contributed by atoms with van der Waals surface area (Å²) in [5.74, 6) is -0.159. The number of nitrogens with zero attached hydrogens (tertiary/aromatic N) is 3. The maximum absolute atomic E-state index is 12.4. The van der Waals surface area contributed by atoms with Crippen LogP contribution in [-0.2, 0) is 9.59 Å². The molecule has 1 aromatic heterocycles. The number of anilines is 1. The van der Waals surface area contributed by atoms with Crippen molar-refractivity contribution >= 4 is 40.7 Å². The molecule has 9 heteroatoms. The molecule has 7 nitrogen and oxygen atoms in total. The van der Waals surface area contributed by atoms with Crippen molar-refractivity contribution in [2.45, 2.75) is 45.1 Å². The Morgan fingerprint density at radius 2 is 2.13 bits per heavy atom. The van der Waals surface area contributed by atoms with Gasteiger partial charge in [-0.25, -0.2) is 0 Å². The molecule has 1 aliphatic rings. The average Bonchev–Trinajstić information content (AvgIpc) is 2.99. The van der Waals surface area contributed by atoms with Gasteiger partial charge in [-0.15, -0.1) is 22.6 Å². The van der Waals surface area contributed by atoms with Gasteiger partial charge < -0.3 is 16.0 Å². The SMILES string of the molecule is CCCC(C)(N)C(=O)N1CCC(C(=O)Nc2nncs2)CC1.Cl. The Hall–Kier alpha value is -1.25. The molecule has 1 atom stereocenters. The maximum Gasteiger partial charge on any atom is 0.242 e. The van der Waals surface area contributed by atoms with Crippen molar-refractivity contribution in [3.8, 4) is 0 Å². The molecule has 2 heterocycles. The molecule has 1 saturated heterocycles. The second-order valence-corrected chi connectivity index (χ2v) is 6.80. The molecule has 1 aromatic rings. The molecule has 0 aliphatic carbocycles. The molecule has 23 heavy (non-hydrogen) atoms. The molecule has 1 aliphatic heterocycles. The van der Waals surface area contributed by atoms with Gasteiger partial charge in [0, 0.05) is 19.0 Å². The average molecular weight is 362 g/mol. The smallest absolute Gasteiger partial charge is 0.242 e. The predicted octanol–water partition coefficient (Wildman–Crippen LogP) is 1.65. The largest absolute Gasteiger partial charge is 0.341 e. The summed E-state index contributed by atoms with van der Waals surface area (Å²) in [7, 11) is 0. The van der Waals surface area contributed by atoms with Crippen LogP contribution in [0.5, 0.6) is 0 Å². The van der Waals surface area contributed by atoms with Gasteiger partial charge in [-0.05, 0) is 26.2 Å². The molecule has 0 bridgehead atoms. The van der Waals surface area contributed by atoms with Gasteiger partial charge in [-0.2, -0.15) is 0 Å². The summed E-state index contributed by atoms with van der Waals surface area (Å²) in [6.07, 6.45) is 2.85. The highest BCUT2D eigenvalue weighted by atomic mass is 35.5. The van der Waals surface area contributed by atoms with Crippen molar-refractivity contribution in [2.24, 2.45) is 11.7 Å². The first-order valence-corrected chi connectivity index (χ1v) is 8.47. The fourth-order valence-corrected chi connectivity index (χ4v) is 3.22. The first kappa shape index (κ1) is 19.8. The summed E-state index contributed by atoms with van der Waals surface area (Å²) in [5, 5.41) is 10.8. The predicted molar refractivity (Wildman–Crippen MR) is 92.6 cm³/mol. The molecule has 0 radical (unpaired) electrons. The number of carbonyl (C=O) groups is 2. The van der Waals surface area contributed by atoms with E-state index in [1.165, 1.54) is 11.3 Å². The number of carbonyl (C=O) groups excluding carboxylic acids is 2. The van der Waals surface area contributed by atoms with Crippen molar-refractivity contribution in [2.75, 3.05) is 18.4 Å². The number of amides is 2. The van der Waals surface area contributed by atoms with E-state index >= 15 is 0 Å². The van der Waals surface area contributed by atoms with Crippen molar-refractivity contribution < 1.29 is 9.59 Å². The number of nitrogens with one attached hydrogen (secondary N) is 1. The number of piperidine rings is 1. The third kappa shape index (κ3) is 5.12. The van der Waals surface area contributed by atoms with E-state index in [1.807, 2.05) is 6.92 Å². The minimum absolute atomic E-state index is 0. The molecule has 1 fully saturated rings. The van der Waals surface area contributed by atoms with Crippen LogP contribution in [0.3, 0.4) is 0 Å². The lowest BCUT2D eigenvalue weighted by Gasteiger charge is -2.36. The molecule has 0 saturated carbocycles. The van der Waals surface area contributed by atoms with Gasteiger partial charge >= 0.3 is 0 Å². The van der Waals surface area contributed by atoms with Crippen LogP contribution in [0.15, 0.2) is 5.51 Å². The van der Waals surface area contributed by atoms with Crippen LogP contribution in [0, 0.1) is 5.92 Å². The van der Waals surface area contributed by atoms with E-state index in [0.29, 0.717) is 37.5 Å². The zero-order chi connectivity index (χ0) is 16.2. The van der Waals surface area contributed by atoms with E-state index in [2.05, 4.69) is 15.5 Å². The maximum atomic E-state index is 12.4. The van der Waals surface area contributed by atoms with E-state index in [1.54, 1.807) is 17.3 Å². The molecule has 0 aromatic carbocycles. The van der Waals surface area contributed by atoms with E-state index in [0.717, 1.165) is 6.42 Å². The van der Waals surface area contributed by atoms with Gasteiger partial charge in [0.2, 0.25) is 16.9 Å². The monoisotopic (exact) mass is 361 g/mol. The van der Waals surface area contributed by atoms with Gasteiger partial charge in [0.1, 0.15) is 5.51 Å². The summed E-state index contributed by atoms with van der Waals surface area (Å²) in [6, 6.07) is 0. The number of halogens is 1. The Labute approximate surface area is 146 Å². The number of likely N-dealkylation sites (tertiary alicyclic amines) is 1. The second-order valence-electron chi connectivity index (χ2n) is 5.97. The highest BCUT2D eigenvalue weighted by Gasteiger charge is 2.35. The number of nitrogens with two attached hydrogens (primary N) is 1. The quantitative estimate of drug-likeness (QED) is 0.830. The Balaban J connectivity index is 0.00000264. The van der Waals surface area contributed by atoms with Gasteiger partial charge in [-0.3, -0.25) is 9.59 Å². The lowest BCUT2D eigenvalue weighted by molar-refractivity contribution is -0.139. The number of aromatic nitrogens is 2. The van der Waals surface area contributed by atoms with Crippen molar-refractivity contribution in [3.63, 3.8) is 0 Å². The fraction of sp³-hybridized carbons (Fsp3) is 0.714. The normalized spacial score (nSPS) is 18.0. The Bertz CT molecular complexity index is 515. The highest BCUT2D eigenvalue weighted by Crippen LogP contribution is 2.22. The molecule has 2 rings (SSSR count). The summed E-state index contributed by atoms with van der Waals surface area (Å²) < 4.78 is 0. The molecular formula is C14H24ClN5O2S. The van der Waals surface area contributed by atoms with Crippen LogP contribution < -0.4 is 11.1 Å². The van der Waals surface area contributed by atoms with Crippen LogP contribution in [0.25, 0.3) is 0 Å². The molecular weight excluding hydrogens is 338 g/mol. The minimum Gasteiger partial charge on any atom is -0.341 e. The molecule has 1 unspecified atom stereocenters. The zero-order valence-corrected chi connectivity index (χ0v) is 15.1. The number of rotatable bonds is 5. The van der Waals surface area contributed by atoms with Gasteiger partial charge in [0.25, 0.3) is 0 Å². The second kappa shape index (κ2) is 8.56. The summed E-state index contributed by atoms with van der Waals surface area (Å²) in [6.45, 7) is 4.95. The van der Waals surface area contributed by atoms with E-state index in [9.17, 15) is 9.59 Å². The third-order valence-corrected chi connectivity index (χ3v) is 4.61. The molecule has 2 amide bonds. The van der Waals surface area contributed by atoms with Crippen LogP contribution in [0.4, 0.5) is 5.13 Å². The fourth-order valence-electron chi connectivity index (χ4n) is 2.77. The van der Waals surface area contributed by atoms with Crippen LogP contribution >= 0.6 is 23.7 Å². The number of hydrogen-bond acceptors (Lipinski definition) is 6. The van der Waals surface area contributed by atoms with Crippen LogP contribution in [-0.4, -0.2) is 45.5 Å². The van der Waals surface area contributed by atoms with Crippen LogP contribution in [0.1, 0.15) is 39.5 Å². The topological polar surface area (TPSA) is 101 Å². The lowest BCUT2D eigenvalue weighted by atomic mass is 9.91. The standard InChI is InChI=1S/C14H23N5O2S.ClH/c1-3-6-14(2,15)12(21)19-7-4-10(5-8-19)11(20)17-13-18-16-9-22-13;/h9-10H,3-8,15H2,1-2H3,(H,17,18,20);1H. The zero-order valence-electron chi connectivity index (χ0n) is 13.4. The van der Waals surface area contributed by atoms with Crippen molar-refractivity contribution in [1.82, 2.24) is 15.1 Å². The van der Waals surface area contributed by atoms with Crippen molar-refractivity contribution in [1.29, 1.82) is 0 Å². The van der Waals surface area contributed by atoms with Gasteiger partial charge in [0.15, 0.2) is 0 Å². The lowest BCUT2D eigenvalue weighted by Crippen LogP contribution is -2.55. The van der Waals surface area contributed by atoms with E-state index in [-0.39, 0.29) is 30.1 Å². The molecule has 130 valence electrons. The Kier molecular flexibility index (Phi) is 7.37.